The van der Waals surface area contributed by atoms with E-state index in [1.165, 1.54) is 12.1 Å². The van der Waals surface area contributed by atoms with Gasteiger partial charge in [0.25, 0.3) is 0 Å². The van der Waals surface area contributed by atoms with E-state index in [4.69, 9.17) is 4.74 Å². The van der Waals surface area contributed by atoms with Crippen LogP contribution in [0.4, 0.5) is 4.39 Å². The van der Waals surface area contributed by atoms with Crippen LogP contribution in [0.5, 0.6) is 5.75 Å². The molecular weight excluding hydrogens is 271 g/mol. The Labute approximate surface area is 121 Å². The first kappa shape index (κ1) is 13.6. The van der Waals surface area contributed by atoms with E-state index in [2.05, 4.69) is 9.97 Å². The fourth-order valence-corrected chi connectivity index (χ4v) is 2.30. The molecule has 2 aromatic carbocycles. The summed E-state index contributed by atoms with van der Waals surface area (Å²) in [4.78, 5) is 7.36. The highest BCUT2D eigenvalue weighted by atomic mass is 19.1. The summed E-state index contributed by atoms with van der Waals surface area (Å²) in [5, 5.41) is 9.57. The number of methoxy groups -OCH3 is 1. The predicted molar refractivity (Wildman–Crippen MR) is 78.7 cm³/mol. The Hall–Kier alpha value is -2.40. The molecule has 0 aliphatic heterocycles. The fraction of sp³-hybridized carbons (Fsp3) is 0.188. The van der Waals surface area contributed by atoms with Gasteiger partial charge in [0.05, 0.1) is 18.1 Å². The number of rotatable bonds is 3. The van der Waals surface area contributed by atoms with Crippen molar-refractivity contribution in [1.29, 1.82) is 0 Å². The number of halogens is 1. The van der Waals surface area contributed by atoms with Gasteiger partial charge in [-0.25, -0.2) is 9.37 Å². The Morgan fingerprint density at radius 1 is 1.24 bits per heavy atom. The second kappa shape index (κ2) is 5.18. The van der Waals surface area contributed by atoms with Crippen molar-refractivity contribution in [2.75, 3.05) is 7.11 Å². The maximum absolute atomic E-state index is 13.5. The number of H-pyrrole nitrogens is 1. The number of aliphatic hydroxyl groups is 1. The van der Waals surface area contributed by atoms with Gasteiger partial charge in [-0.05, 0) is 42.8 Å². The number of aliphatic hydroxyl groups excluding tert-OH is 1. The van der Waals surface area contributed by atoms with Gasteiger partial charge >= 0.3 is 0 Å². The number of hydrogen-bond acceptors (Lipinski definition) is 3. The summed E-state index contributed by atoms with van der Waals surface area (Å²) in [5.41, 5.74) is 3.03. The van der Waals surface area contributed by atoms with E-state index >= 15 is 0 Å². The third-order valence-corrected chi connectivity index (χ3v) is 3.37. The van der Waals surface area contributed by atoms with E-state index in [1.54, 1.807) is 20.1 Å². The summed E-state index contributed by atoms with van der Waals surface area (Å²) < 4.78 is 18.8. The van der Waals surface area contributed by atoms with Gasteiger partial charge in [0.2, 0.25) is 0 Å². The number of nitrogens with one attached hydrogen (secondary N) is 1. The average molecular weight is 286 g/mol. The summed E-state index contributed by atoms with van der Waals surface area (Å²) in [7, 11) is 1.55. The smallest absolute Gasteiger partial charge is 0.135 e. The van der Waals surface area contributed by atoms with E-state index in [-0.39, 0.29) is 5.82 Å². The number of ether oxygens (including phenoxy) is 1. The third-order valence-electron chi connectivity index (χ3n) is 3.37. The van der Waals surface area contributed by atoms with Crippen LogP contribution in [0.25, 0.3) is 22.2 Å². The largest absolute Gasteiger partial charge is 0.496 e. The Bertz CT molecular complexity index is 796. The van der Waals surface area contributed by atoms with Gasteiger partial charge in [0, 0.05) is 5.56 Å². The van der Waals surface area contributed by atoms with Gasteiger partial charge in [0.15, 0.2) is 0 Å². The van der Waals surface area contributed by atoms with Gasteiger partial charge in [-0.2, -0.15) is 0 Å². The number of aromatic nitrogens is 2. The van der Waals surface area contributed by atoms with Crippen molar-refractivity contribution < 1.29 is 14.2 Å². The molecule has 21 heavy (non-hydrogen) atoms. The van der Waals surface area contributed by atoms with E-state index in [1.807, 2.05) is 18.2 Å². The Morgan fingerprint density at radius 2 is 2.05 bits per heavy atom. The first-order valence-corrected chi connectivity index (χ1v) is 6.60. The highest BCUT2D eigenvalue weighted by Gasteiger charge is 2.11. The van der Waals surface area contributed by atoms with Gasteiger partial charge in [-0.1, -0.05) is 6.07 Å². The molecule has 0 aliphatic rings. The fourth-order valence-electron chi connectivity index (χ4n) is 2.30. The molecule has 1 unspecified atom stereocenters. The van der Waals surface area contributed by atoms with Crippen molar-refractivity contribution >= 4 is 11.0 Å². The van der Waals surface area contributed by atoms with Crippen LogP contribution in [0.3, 0.4) is 0 Å². The van der Waals surface area contributed by atoms with Gasteiger partial charge in [0.1, 0.15) is 23.5 Å². The molecule has 1 heterocycles. The molecule has 1 atom stereocenters. The summed E-state index contributed by atoms with van der Waals surface area (Å²) >= 11 is 0. The second-order valence-electron chi connectivity index (χ2n) is 4.87. The predicted octanol–water partition coefficient (Wildman–Crippen LogP) is 3.43. The van der Waals surface area contributed by atoms with Crippen LogP contribution < -0.4 is 4.74 Å². The molecule has 0 bridgehead atoms. The van der Waals surface area contributed by atoms with Crippen LogP contribution in [0.15, 0.2) is 36.4 Å². The zero-order chi connectivity index (χ0) is 15.0. The van der Waals surface area contributed by atoms with E-state index < -0.39 is 6.10 Å². The van der Waals surface area contributed by atoms with Crippen molar-refractivity contribution in [1.82, 2.24) is 9.97 Å². The lowest BCUT2D eigenvalue weighted by molar-refractivity contribution is 0.190. The number of aromatic amines is 1. The molecule has 1 aromatic heterocycles. The molecule has 0 spiro atoms. The summed E-state index contributed by atoms with van der Waals surface area (Å²) in [6.45, 7) is 1.65. The molecule has 0 saturated heterocycles. The number of imidazole rings is 1. The molecule has 5 heteroatoms. The SMILES string of the molecule is COc1ccc(F)cc1-c1ccc2nc(C(C)O)[nH]c2c1. The minimum atomic E-state index is -0.662. The molecule has 2 N–H and O–H groups in total. The standard InChI is InChI=1S/C16H15FN2O2/c1-9(20)16-18-13-5-3-10(7-14(13)19-16)12-8-11(17)4-6-15(12)21-2/h3-9,20H,1-2H3,(H,18,19). The molecule has 108 valence electrons. The first-order chi connectivity index (χ1) is 10.1. The van der Waals surface area contributed by atoms with Crippen LogP contribution in [-0.4, -0.2) is 22.2 Å². The van der Waals surface area contributed by atoms with Crippen molar-refractivity contribution in [2.24, 2.45) is 0 Å². The van der Waals surface area contributed by atoms with Crippen LogP contribution in [0.2, 0.25) is 0 Å². The Morgan fingerprint density at radius 3 is 2.76 bits per heavy atom. The third kappa shape index (κ3) is 2.48. The second-order valence-corrected chi connectivity index (χ2v) is 4.87. The van der Waals surface area contributed by atoms with Crippen LogP contribution in [0, 0.1) is 5.82 Å². The molecule has 3 aromatic rings. The maximum atomic E-state index is 13.5. The molecule has 0 fully saturated rings. The lowest BCUT2D eigenvalue weighted by Gasteiger charge is -2.08. The van der Waals surface area contributed by atoms with E-state index in [0.29, 0.717) is 17.1 Å². The lowest BCUT2D eigenvalue weighted by Crippen LogP contribution is -1.92. The number of hydrogen-bond donors (Lipinski definition) is 2. The van der Waals surface area contributed by atoms with Crippen molar-refractivity contribution in [3.8, 4) is 16.9 Å². The molecule has 0 aliphatic carbocycles. The normalized spacial score (nSPS) is 12.6. The zero-order valence-corrected chi connectivity index (χ0v) is 11.7. The number of benzene rings is 2. The highest BCUT2D eigenvalue weighted by Crippen LogP contribution is 2.32. The molecule has 0 amide bonds. The van der Waals surface area contributed by atoms with Gasteiger partial charge in [-0.3, -0.25) is 0 Å². The van der Waals surface area contributed by atoms with Crippen molar-refractivity contribution in [3.05, 3.63) is 48.0 Å². The van der Waals surface area contributed by atoms with Crippen molar-refractivity contribution in [3.63, 3.8) is 0 Å². The molecule has 0 saturated carbocycles. The lowest BCUT2D eigenvalue weighted by atomic mass is 10.0. The highest BCUT2D eigenvalue weighted by molar-refractivity contribution is 5.83. The monoisotopic (exact) mass is 286 g/mol. The molecule has 4 nitrogen and oxygen atoms in total. The number of fused-ring (bicyclic) bond motifs is 1. The quantitative estimate of drug-likeness (QED) is 0.775. The van der Waals surface area contributed by atoms with Crippen LogP contribution in [0.1, 0.15) is 18.9 Å². The zero-order valence-electron chi connectivity index (χ0n) is 11.7. The first-order valence-electron chi connectivity index (χ1n) is 6.60. The molecule has 3 rings (SSSR count). The van der Waals surface area contributed by atoms with Crippen LogP contribution >= 0.6 is 0 Å². The molecular formula is C16H15FN2O2. The minimum Gasteiger partial charge on any atom is -0.496 e. The Kier molecular flexibility index (Phi) is 3.35. The van der Waals surface area contributed by atoms with Crippen molar-refractivity contribution in [2.45, 2.75) is 13.0 Å². The summed E-state index contributed by atoms with van der Waals surface area (Å²) in [6, 6.07) is 9.95. The van der Waals surface area contributed by atoms with Gasteiger partial charge < -0.3 is 14.8 Å². The van der Waals surface area contributed by atoms with E-state index in [0.717, 1.165) is 16.6 Å². The minimum absolute atomic E-state index is 0.319. The molecule has 0 radical (unpaired) electrons. The maximum Gasteiger partial charge on any atom is 0.135 e. The van der Waals surface area contributed by atoms with E-state index in [9.17, 15) is 9.50 Å². The summed E-state index contributed by atoms with van der Waals surface area (Å²) in [6.07, 6.45) is -0.662. The summed E-state index contributed by atoms with van der Waals surface area (Å²) in [5.74, 6) is 0.791. The average Bonchev–Trinajstić information content (AvgIpc) is 2.90. The van der Waals surface area contributed by atoms with Gasteiger partial charge in [-0.15, -0.1) is 0 Å². The number of nitrogens with zero attached hydrogens (tertiary/aromatic N) is 1. The Balaban J connectivity index is 2.14. The topological polar surface area (TPSA) is 58.1 Å². The van der Waals surface area contributed by atoms with Crippen LogP contribution in [-0.2, 0) is 0 Å².